The molecule has 0 N–H and O–H groups in total. The molecule has 0 saturated carbocycles. The van der Waals surface area contributed by atoms with Gasteiger partial charge in [0.05, 0.1) is 0 Å². The first-order valence-electron chi connectivity index (χ1n) is 3.87. The largest absolute Gasteiger partial charge is 0.500 e. The number of thiol groups is 1. The maximum atomic E-state index is 10.3. The summed E-state index contributed by atoms with van der Waals surface area (Å²) in [6, 6.07) is 0.528. The molecule has 0 aliphatic heterocycles. The van der Waals surface area contributed by atoms with E-state index in [1.54, 1.807) is 0 Å². The minimum absolute atomic E-state index is 0.153. The van der Waals surface area contributed by atoms with Gasteiger partial charge in [0.15, 0.2) is 0 Å². The van der Waals surface area contributed by atoms with Crippen LogP contribution in [-0.2, 0) is 24.0 Å². The fourth-order valence-electron chi connectivity index (χ4n) is 0.981. The third kappa shape index (κ3) is 4.72. The van der Waals surface area contributed by atoms with Crippen molar-refractivity contribution >= 4 is 19.5 Å². The van der Waals surface area contributed by atoms with Crippen LogP contribution in [0.5, 0.6) is 0 Å². The Morgan fingerprint density at radius 3 is 1.85 bits per heavy atom. The molecule has 0 aliphatic carbocycles. The maximum absolute atomic E-state index is 10.3. The molecule has 80 valence electrons. The van der Waals surface area contributed by atoms with Crippen molar-refractivity contribution in [1.82, 2.24) is 0 Å². The Morgan fingerprint density at radius 1 is 1.08 bits per heavy atom. The molecule has 0 spiro atoms. The van der Waals surface area contributed by atoms with Crippen LogP contribution in [0.25, 0.3) is 0 Å². The van der Waals surface area contributed by atoms with Crippen LogP contribution >= 0.6 is 0 Å². The van der Waals surface area contributed by atoms with Crippen LogP contribution in [0.15, 0.2) is 0 Å². The smallest absolute Gasteiger partial charge is 0.377 e. The van der Waals surface area contributed by atoms with E-state index in [-0.39, 0.29) is 5.75 Å². The molecule has 0 saturated heterocycles. The first-order chi connectivity index (χ1) is 6.10. The number of hydrogen-bond acceptors (Lipinski definition) is 5. The molecule has 0 amide bonds. The molecule has 0 aromatic rings. The van der Waals surface area contributed by atoms with Crippen LogP contribution in [0.4, 0.5) is 0 Å². The highest BCUT2D eigenvalue weighted by Crippen LogP contribution is 2.14. The van der Waals surface area contributed by atoms with Crippen molar-refractivity contribution in [3.8, 4) is 0 Å². The van der Waals surface area contributed by atoms with Gasteiger partial charge in [0, 0.05) is 33.1 Å². The Kier molecular flexibility index (Phi) is 6.52. The van der Waals surface area contributed by atoms with Crippen LogP contribution in [-0.4, -0.2) is 44.3 Å². The van der Waals surface area contributed by atoms with E-state index in [2.05, 4.69) is 0 Å². The van der Waals surface area contributed by atoms with E-state index in [0.29, 0.717) is 12.5 Å². The second-order valence-corrected chi connectivity index (χ2v) is 6.66. The van der Waals surface area contributed by atoms with Crippen molar-refractivity contribution in [3.63, 3.8) is 0 Å². The zero-order valence-electron chi connectivity index (χ0n) is 8.11. The molecule has 5 nitrogen and oxygen atoms in total. The van der Waals surface area contributed by atoms with E-state index in [4.69, 9.17) is 13.3 Å². The van der Waals surface area contributed by atoms with E-state index in [1.165, 1.54) is 21.3 Å². The summed E-state index contributed by atoms with van der Waals surface area (Å²) in [7, 11) is -0.334. The molecule has 0 aromatic carbocycles. The maximum Gasteiger partial charge on any atom is 0.500 e. The van der Waals surface area contributed by atoms with E-state index in [1.807, 2.05) is 0 Å². The Labute approximate surface area is 81.3 Å². The van der Waals surface area contributed by atoms with Gasteiger partial charge in [-0.05, 0) is 6.42 Å². The van der Waals surface area contributed by atoms with Crippen molar-refractivity contribution in [1.29, 1.82) is 0 Å². The van der Waals surface area contributed by atoms with Crippen molar-refractivity contribution in [3.05, 3.63) is 0 Å². The van der Waals surface area contributed by atoms with Crippen molar-refractivity contribution in [2.24, 2.45) is 0 Å². The summed E-state index contributed by atoms with van der Waals surface area (Å²) in [5.41, 5.74) is 0. The molecule has 0 aromatic heterocycles. The molecule has 0 unspecified atom stereocenters. The lowest BCUT2D eigenvalue weighted by atomic mass is 10.6. The second-order valence-electron chi connectivity index (χ2n) is 2.46. The molecule has 0 heterocycles. The first-order valence-corrected chi connectivity index (χ1v) is 7.17. The SMILES string of the molecule is CO[Si](CCC[SH](=O)=O)(OC)OC. The lowest BCUT2D eigenvalue weighted by Gasteiger charge is -2.23. The molecule has 0 bridgehead atoms. The number of hydrogen-bond donors (Lipinski definition) is 1. The van der Waals surface area contributed by atoms with Gasteiger partial charge in [-0.15, -0.1) is 0 Å². The van der Waals surface area contributed by atoms with Crippen molar-refractivity contribution < 1.29 is 21.7 Å². The molecule has 0 atom stereocenters. The lowest BCUT2D eigenvalue weighted by molar-refractivity contribution is 0.123. The van der Waals surface area contributed by atoms with Crippen LogP contribution in [0.1, 0.15) is 6.42 Å². The van der Waals surface area contributed by atoms with Gasteiger partial charge in [-0.25, -0.2) is 8.42 Å². The lowest BCUT2D eigenvalue weighted by Crippen LogP contribution is -2.42. The molecule has 13 heavy (non-hydrogen) atoms. The predicted octanol–water partition coefficient (Wildman–Crippen LogP) is -0.134. The highest BCUT2D eigenvalue weighted by Gasteiger charge is 2.36. The fourth-order valence-corrected chi connectivity index (χ4v) is 3.42. The first kappa shape index (κ1) is 13.0. The standard InChI is InChI=1S/C6H16O5SSi/c1-9-13(10-2,11-3)6-4-5-12(7)8/h12H,4-6H2,1-3H3. The highest BCUT2D eigenvalue weighted by molar-refractivity contribution is 7.72. The highest BCUT2D eigenvalue weighted by atomic mass is 32.2. The van der Waals surface area contributed by atoms with Crippen LogP contribution in [0.3, 0.4) is 0 Å². The van der Waals surface area contributed by atoms with Gasteiger partial charge in [0.1, 0.15) is 10.7 Å². The topological polar surface area (TPSA) is 61.8 Å². The Morgan fingerprint density at radius 2 is 1.54 bits per heavy atom. The van der Waals surface area contributed by atoms with Crippen molar-refractivity contribution in [2.75, 3.05) is 27.1 Å². The monoisotopic (exact) mass is 228 g/mol. The zero-order chi connectivity index (χ0) is 10.3. The summed E-state index contributed by atoms with van der Waals surface area (Å²) in [4.78, 5) is 0. The molecule has 7 heteroatoms. The molecular formula is C6H16O5SSi. The van der Waals surface area contributed by atoms with E-state index in [0.717, 1.165) is 0 Å². The third-order valence-electron chi connectivity index (χ3n) is 1.76. The van der Waals surface area contributed by atoms with Gasteiger partial charge in [-0.2, -0.15) is 0 Å². The summed E-state index contributed by atoms with van der Waals surface area (Å²) < 4.78 is 35.9. The summed E-state index contributed by atoms with van der Waals surface area (Å²) in [5.74, 6) is 0.153. The van der Waals surface area contributed by atoms with Crippen LogP contribution in [0.2, 0.25) is 6.04 Å². The average molecular weight is 228 g/mol. The van der Waals surface area contributed by atoms with Gasteiger partial charge < -0.3 is 13.3 Å². The van der Waals surface area contributed by atoms with E-state index >= 15 is 0 Å². The second kappa shape index (κ2) is 6.49. The number of rotatable bonds is 7. The minimum Gasteiger partial charge on any atom is -0.377 e. The molecule has 0 radical (unpaired) electrons. The van der Waals surface area contributed by atoms with E-state index in [9.17, 15) is 8.42 Å². The van der Waals surface area contributed by atoms with Crippen LogP contribution < -0.4 is 0 Å². The fraction of sp³-hybridized carbons (Fsp3) is 1.00. The predicted molar refractivity (Wildman–Crippen MR) is 51.4 cm³/mol. The Hall–Kier alpha value is 0.0469. The summed E-state index contributed by atoms with van der Waals surface area (Å²) in [6.45, 7) is 0. The van der Waals surface area contributed by atoms with Gasteiger partial charge in [-0.1, -0.05) is 0 Å². The van der Waals surface area contributed by atoms with Gasteiger partial charge in [-0.3, -0.25) is 0 Å². The molecule has 0 aliphatic rings. The summed E-state index contributed by atoms with van der Waals surface area (Å²) >= 11 is 0. The normalized spacial score (nSPS) is 12.3. The minimum atomic E-state index is -2.55. The summed E-state index contributed by atoms with van der Waals surface area (Å²) in [5, 5.41) is 0. The molecular weight excluding hydrogens is 212 g/mol. The Balaban J connectivity index is 3.95. The quantitative estimate of drug-likeness (QED) is 0.486. The molecule has 0 fully saturated rings. The van der Waals surface area contributed by atoms with Crippen LogP contribution in [0, 0.1) is 0 Å². The average Bonchev–Trinajstić information content (AvgIpc) is 2.13. The van der Waals surface area contributed by atoms with Gasteiger partial charge >= 0.3 is 8.80 Å². The summed E-state index contributed by atoms with van der Waals surface area (Å²) in [6.07, 6.45) is 0.514. The van der Waals surface area contributed by atoms with Gasteiger partial charge in [0.25, 0.3) is 0 Å². The van der Waals surface area contributed by atoms with Crippen molar-refractivity contribution in [2.45, 2.75) is 12.5 Å². The molecule has 0 rings (SSSR count). The zero-order valence-corrected chi connectivity index (χ0v) is 10.0. The van der Waals surface area contributed by atoms with Gasteiger partial charge in [0.2, 0.25) is 0 Å². The third-order valence-corrected chi connectivity index (χ3v) is 5.27. The van der Waals surface area contributed by atoms with E-state index < -0.39 is 19.5 Å². The Bertz CT molecular complexity index is 185.